The van der Waals surface area contributed by atoms with Gasteiger partial charge in [0, 0.05) is 19.1 Å². The van der Waals surface area contributed by atoms with Crippen LogP contribution in [-0.2, 0) is 9.53 Å². The van der Waals surface area contributed by atoms with Gasteiger partial charge in [-0.15, -0.1) is 0 Å². The predicted octanol–water partition coefficient (Wildman–Crippen LogP) is 1.39. The molecular weight excluding hydrogens is 216 g/mol. The summed E-state index contributed by atoms with van der Waals surface area (Å²) in [6.45, 7) is 10.3. The lowest BCUT2D eigenvalue weighted by Crippen LogP contribution is -2.54. The fourth-order valence-corrected chi connectivity index (χ4v) is 2.13. The van der Waals surface area contributed by atoms with Crippen LogP contribution in [0.2, 0.25) is 0 Å². The Morgan fingerprint density at radius 3 is 2.71 bits per heavy atom. The predicted molar refractivity (Wildman–Crippen MR) is 68.7 cm³/mol. The Morgan fingerprint density at radius 2 is 2.18 bits per heavy atom. The van der Waals surface area contributed by atoms with Gasteiger partial charge in [-0.3, -0.25) is 4.79 Å². The van der Waals surface area contributed by atoms with Gasteiger partial charge in [-0.1, -0.05) is 13.8 Å². The Morgan fingerprint density at radius 1 is 1.53 bits per heavy atom. The average molecular weight is 242 g/mol. The van der Waals surface area contributed by atoms with Gasteiger partial charge < -0.3 is 15.4 Å². The van der Waals surface area contributed by atoms with Crippen molar-refractivity contribution in [2.75, 3.05) is 19.7 Å². The summed E-state index contributed by atoms with van der Waals surface area (Å²) in [7, 11) is 0. The van der Waals surface area contributed by atoms with Crippen molar-refractivity contribution >= 4 is 5.91 Å². The molecule has 0 bridgehead atoms. The molecule has 1 heterocycles. The van der Waals surface area contributed by atoms with E-state index in [2.05, 4.69) is 13.8 Å². The molecule has 0 saturated carbocycles. The molecule has 1 atom stereocenters. The zero-order valence-electron chi connectivity index (χ0n) is 11.5. The number of nitrogens with two attached hydrogens (primary N) is 1. The standard InChI is InChI=1S/C13H26N2O2/c1-10(2)17-8-6-12(16)15-7-5-11(14)13(3,4)9-15/h10-11H,5-9,14H2,1-4H3. The number of piperidine rings is 1. The van der Waals surface area contributed by atoms with E-state index in [1.807, 2.05) is 18.7 Å². The lowest BCUT2D eigenvalue weighted by Gasteiger charge is -2.42. The van der Waals surface area contributed by atoms with Crippen molar-refractivity contribution in [3.05, 3.63) is 0 Å². The van der Waals surface area contributed by atoms with E-state index >= 15 is 0 Å². The molecule has 2 N–H and O–H groups in total. The number of ether oxygens (including phenoxy) is 1. The highest BCUT2D eigenvalue weighted by molar-refractivity contribution is 5.76. The second-order valence-corrected chi connectivity index (χ2v) is 5.87. The summed E-state index contributed by atoms with van der Waals surface area (Å²) in [4.78, 5) is 13.9. The first-order valence-corrected chi connectivity index (χ1v) is 6.48. The molecule has 17 heavy (non-hydrogen) atoms. The minimum atomic E-state index is 0.0206. The summed E-state index contributed by atoms with van der Waals surface area (Å²) in [5, 5.41) is 0. The summed E-state index contributed by atoms with van der Waals surface area (Å²) in [6, 6.07) is 0.193. The van der Waals surface area contributed by atoms with Crippen LogP contribution in [0.3, 0.4) is 0 Å². The van der Waals surface area contributed by atoms with Crippen LogP contribution in [-0.4, -0.2) is 42.6 Å². The fourth-order valence-electron chi connectivity index (χ4n) is 2.13. The van der Waals surface area contributed by atoms with E-state index in [0.29, 0.717) is 13.0 Å². The Labute approximate surface area is 104 Å². The molecule has 1 unspecified atom stereocenters. The van der Waals surface area contributed by atoms with E-state index in [9.17, 15) is 4.79 Å². The molecule has 0 spiro atoms. The van der Waals surface area contributed by atoms with E-state index in [0.717, 1.165) is 19.5 Å². The van der Waals surface area contributed by atoms with Gasteiger partial charge in [-0.2, -0.15) is 0 Å². The van der Waals surface area contributed by atoms with Crippen LogP contribution in [0.25, 0.3) is 0 Å². The topological polar surface area (TPSA) is 55.6 Å². The average Bonchev–Trinajstić information content (AvgIpc) is 2.21. The molecule has 1 rings (SSSR count). The molecule has 4 nitrogen and oxygen atoms in total. The maximum absolute atomic E-state index is 12.0. The summed E-state index contributed by atoms with van der Waals surface area (Å²) < 4.78 is 5.40. The van der Waals surface area contributed by atoms with E-state index in [1.165, 1.54) is 0 Å². The molecule has 4 heteroatoms. The van der Waals surface area contributed by atoms with E-state index < -0.39 is 0 Å². The lowest BCUT2D eigenvalue weighted by atomic mass is 9.79. The molecule has 100 valence electrons. The molecule has 1 aliphatic heterocycles. The van der Waals surface area contributed by atoms with E-state index in [4.69, 9.17) is 10.5 Å². The third kappa shape index (κ3) is 4.28. The number of carbonyl (C=O) groups excluding carboxylic acids is 1. The molecule has 0 aromatic carbocycles. The third-order valence-electron chi connectivity index (χ3n) is 3.43. The number of rotatable bonds is 4. The van der Waals surface area contributed by atoms with Gasteiger partial charge in [-0.25, -0.2) is 0 Å². The SMILES string of the molecule is CC(C)OCCC(=O)N1CCC(N)C(C)(C)C1. The van der Waals surface area contributed by atoms with Crippen molar-refractivity contribution in [2.45, 2.75) is 52.7 Å². The van der Waals surface area contributed by atoms with Crippen molar-refractivity contribution in [1.29, 1.82) is 0 Å². The second kappa shape index (κ2) is 5.83. The number of likely N-dealkylation sites (tertiary alicyclic amines) is 1. The van der Waals surface area contributed by atoms with Crippen LogP contribution in [0.4, 0.5) is 0 Å². The molecule has 0 aromatic rings. The Kier molecular flexibility index (Phi) is 4.95. The molecule has 0 aromatic heterocycles. The van der Waals surface area contributed by atoms with Gasteiger partial charge in [-0.05, 0) is 25.7 Å². The molecule has 1 aliphatic rings. The highest BCUT2D eigenvalue weighted by atomic mass is 16.5. The number of hydrogen-bond acceptors (Lipinski definition) is 3. The van der Waals surface area contributed by atoms with Gasteiger partial charge >= 0.3 is 0 Å². The second-order valence-electron chi connectivity index (χ2n) is 5.87. The number of hydrogen-bond donors (Lipinski definition) is 1. The van der Waals surface area contributed by atoms with Crippen LogP contribution < -0.4 is 5.73 Å². The van der Waals surface area contributed by atoms with Crippen molar-refractivity contribution < 1.29 is 9.53 Å². The minimum absolute atomic E-state index is 0.0206. The van der Waals surface area contributed by atoms with Crippen LogP contribution in [0.5, 0.6) is 0 Å². The summed E-state index contributed by atoms with van der Waals surface area (Å²) in [6.07, 6.45) is 1.56. The number of carbonyl (C=O) groups is 1. The molecule has 1 saturated heterocycles. The zero-order chi connectivity index (χ0) is 13.1. The van der Waals surface area contributed by atoms with Crippen molar-refractivity contribution in [3.63, 3.8) is 0 Å². The first-order valence-electron chi connectivity index (χ1n) is 6.48. The highest BCUT2D eigenvalue weighted by Crippen LogP contribution is 2.27. The van der Waals surface area contributed by atoms with E-state index in [-0.39, 0.29) is 23.5 Å². The zero-order valence-corrected chi connectivity index (χ0v) is 11.5. The number of amides is 1. The first-order chi connectivity index (χ1) is 7.83. The normalized spacial score (nSPS) is 24.1. The van der Waals surface area contributed by atoms with Crippen molar-refractivity contribution in [3.8, 4) is 0 Å². The van der Waals surface area contributed by atoms with E-state index in [1.54, 1.807) is 0 Å². The van der Waals surface area contributed by atoms with Crippen LogP contribution in [0.1, 0.15) is 40.5 Å². The van der Waals surface area contributed by atoms with Gasteiger partial charge in [0.1, 0.15) is 0 Å². The summed E-state index contributed by atoms with van der Waals surface area (Å²) in [5.74, 6) is 0.186. The molecule has 0 radical (unpaired) electrons. The Bertz CT molecular complexity index is 264. The smallest absolute Gasteiger partial charge is 0.224 e. The summed E-state index contributed by atoms with van der Waals surface area (Å²) >= 11 is 0. The first kappa shape index (κ1) is 14.5. The number of nitrogens with zero attached hydrogens (tertiary/aromatic N) is 1. The fraction of sp³-hybridized carbons (Fsp3) is 0.923. The summed E-state index contributed by atoms with van der Waals surface area (Å²) in [5.41, 5.74) is 6.07. The molecule has 1 amide bonds. The quantitative estimate of drug-likeness (QED) is 0.810. The monoisotopic (exact) mass is 242 g/mol. The molecule has 1 fully saturated rings. The van der Waals surface area contributed by atoms with Crippen molar-refractivity contribution in [2.24, 2.45) is 11.1 Å². The van der Waals surface area contributed by atoms with Crippen molar-refractivity contribution in [1.82, 2.24) is 4.90 Å². The van der Waals surface area contributed by atoms with Gasteiger partial charge in [0.2, 0.25) is 5.91 Å². The molecular formula is C13H26N2O2. The highest BCUT2D eigenvalue weighted by Gasteiger charge is 2.34. The lowest BCUT2D eigenvalue weighted by molar-refractivity contribution is -0.136. The van der Waals surface area contributed by atoms with Crippen LogP contribution in [0.15, 0.2) is 0 Å². The Balaban J connectivity index is 2.38. The maximum atomic E-state index is 12.0. The Hall–Kier alpha value is -0.610. The van der Waals surface area contributed by atoms with Crippen LogP contribution in [0, 0.1) is 5.41 Å². The van der Waals surface area contributed by atoms with Gasteiger partial charge in [0.15, 0.2) is 0 Å². The largest absolute Gasteiger partial charge is 0.378 e. The maximum Gasteiger partial charge on any atom is 0.224 e. The minimum Gasteiger partial charge on any atom is -0.378 e. The van der Waals surface area contributed by atoms with Crippen LogP contribution >= 0.6 is 0 Å². The van der Waals surface area contributed by atoms with Gasteiger partial charge in [0.25, 0.3) is 0 Å². The van der Waals surface area contributed by atoms with Gasteiger partial charge in [0.05, 0.1) is 19.1 Å². The third-order valence-corrected chi connectivity index (χ3v) is 3.43. The molecule has 0 aliphatic carbocycles.